The first kappa shape index (κ1) is 23.8. The molecule has 1 saturated heterocycles. The van der Waals surface area contributed by atoms with Gasteiger partial charge in [-0.25, -0.2) is 9.97 Å². The Balaban J connectivity index is 1.21. The third kappa shape index (κ3) is 5.66. The number of carbonyl (C=O) groups is 1. The summed E-state index contributed by atoms with van der Waals surface area (Å²) < 4.78 is 0. The van der Waals surface area contributed by atoms with E-state index >= 15 is 0 Å². The van der Waals surface area contributed by atoms with Crippen LogP contribution in [-0.4, -0.2) is 72.8 Å². The summed E-state index contributed by atoms with van der Waals surface area (Å²) in [5.74, 6) is 0.753. The van der Waals surface area contributed by atoms with Gasteiger partial charge in [-0.1, -0.05) is 36.4 Å². The molecule has 5 rings (SSSR count). The Hall–Kier alpha value is -3.91. The monoisotopic (exact) mass is 483 g/mol. The fourth-order valence-corrected chi connectivity index (χ4v) is 4.80. The number of para-hydroxylation sites is 2. The number of hydrogen-bond donors (Lipinski definition) is 1. The average Bonchev–Trinajstić information content (AvgIpc) is 2.94. The molecule has 0 bridgehead atoms. The maximum atomic E-state index is 13.4. The van der Waals surface area contributed by atoms with E-state index in [4.69, 9.17) is 0 Å². The number of benzene rings is 2. The topological polar surface area (TPSA) is 67.8 Å². The summed E-state index contributed by atoms with van der Waals surface area (Å²) >= 11 is 0. The Labute approximate surface area is 212 Å². The number of nitrogens with zero attached hydrogens (tertiary/aromatic N) is 6. The van der Waals surface area contributed by atoms with Crippen LogP contribution in [0.4, 0.5) is 17.3 Å². The van der Waals surface area contributed by atoms with Crippen molar-refractivity contribution in [1.29, 1.82) is 0 Å². The first-order chi connectivity index (χ1) is 17.7. The maximum Gasteiger partial charge on any atom is 0.267 e. The van der Waals surface area contributed by atoms with Crippen LogP contribution in [0.15, 0.2) is 90.9 Å². The van der Waals surface area contributed by atoms with Crippen LogP contribution in [0.3, 0.4) is 0 Å². The molecule has 0 spiro atoms. The van der Waals surface area contributed by atoms with E-state index in [9.17, 15) is 4.79 Å². The molecule has 1 unspecified atom stereocenters. The predicted molar refractivity (Wildman–Crippen MR) is 144 cm³/mol. The van der Waals surface area contributed by atoms with Crippen molar-refractivity contribution in [2.24, 2.45) is 0 Å². The van der Waals surface area contributed by atoms with Crippen molar-refractivity contribution >= 4 is 23.2 Å². The van der Waals surface area contributed by atoms with Crippen LogP contribution >= 0.6 is 0 Å². The summed E-state index contributed by atoms with van der Waals surface area (Å²) in [6, 6.07) is 22.3. The molecular weight excluding hydrogens is 450 g/mol. The summed E-state index contributed by atoms with van der Waals surface area (Å²) in [7, 11) is 0. The Kier molecular flexibility index (Phi) is 7.42. The van der Waals surface area contributed by atoms with Crippen molar-refractivity contribution in [3.63, 3.8) is 0 Å². The van der Waals surface area contributed by atoms with Gasteiger partial charge in [0.25, 0.3) is 5.91 Å². The Morgan fingerprint density at radius 3 is 2.17 bits per heavy atom. The summed E-state index contributed by atoms with van der Waals surface area (Å²) in [4.78, 5) is 31.1. The number of nitrogens with one attached hydrogen (secondary N) is 1. The van der Waals surface area contributed by atoms with Gasteiger partial charge in [-0.05, 0) is 43.3 Å². The highest BCUT2D eigenvalue weighted by Crippen LogP contribution is 2.26. The molecule has 3 heterocycles. The molecule has 2 aliphatic rings. The fourth-order valence-electron chi connectivity index (χ4n) is 4.80. The molecular formula is C28H33N7O. The van der Waals surface area contributed by atoms with Crippen molar-refractivity contribution in [2.45, 2.75) is 13.0 Å². The van der Waals surface area contributed by atoms with Crippen LogP contribution in [-0.2, 0) is 4.79 Å². The number of anilines is 3. The summed E-state index contributed by atoms with van der Waals surface area (Å²) in [6.07, 6.45) is 5.60. The molecule has 3 aromatic rings. The van der Waals surface area contributed by atoms with E-state index in [1.807, 2.05) is 48.5 Å². The molecule has 36 heavy (non-hydrogen) atoms. The number of aromatic nitrogens is 2. The third-order valence-electron chi connectivity index (χ3n) is 6.65. The van der Waals surface area contributed by atoms with Crippen molar-refractivity contribution in [2.75, 3.05) is 60.6 Å². The fraction of sp³-hybridized carbons (Fsp3) is 0.321. The molecule has 1 atom stereocenters. The van der Waals surface area contributed by atoms with Crippen LogP contribution < -0.4 is 20.0 Å². The number of piperazine rings is 1. The second kappa shape index (κ2) is 11.2. The zero-order valence-electron chi connectivity index (χ0n) is 20.7. The standard InChI is InChI=1S/C28H33N7O/c1-23(21-32-17-19-33(20-18-32)28-29-14-8-15-30-28)31-27(36)26-13-16-34(24-9-4-2-5-10-24)22-35(26)25-11-6-3-7-12-25/h2-15,23H,16-22H2,1H3,(H,31,36). The van der Waals surface area contributed by atoms with Gasteiger partial charge < -0.3 is 20.0 Å². The molecule has 0 saturated carbocycles. The molecule has 8 nitrogen and oxygen atoms in total. The van der Waals surface area contributed by atoms with Gasteiger partial charge in [0, 0.05) is 69.1 Å². The highest BCUT2D eigenvalue weighted by atomic mass is 16.2. The summed E-state index contributed by atoms with van der Waals surface area (Å²) in [5.41, 5.74) is 2.85. The normalized spacial score (nSPS) is 17.5. The lowest BCUT2D eigenvalue weighted by atomic mass is 10.2. The van der Waals surface area contributed by atoms with Gasteiger partial charge >= 0.3 is 0 Å². The highest BCUT2D eigenvalue weighted by Gasteiger charge is 2.27. The van der Waals surface area contributed by atoms with Crippen molar-refractivity contribution in [3.8, 4) is 0 Å². The SMILES string of the molecule is CC(CN1CCN(c2ncccn2)CC1)NC(=O)C1=CCN(c2ccccc2)CN1c1ccccc1. The van der Waals surface area contributed by atoms with Crippen LogP contribution in [0.25, 0.3) is 0 Å². The van der Waals surface area contributed by atoms with Crippen molar-refractivity contribution < 1.29 is 4.79 Å². The Bertz CT molecular complexity index is 1150. The molecule has 1 amide bonds. The van der Waals surface area contributed by atoms with E-state index in [1.165, 1.54) is 0 Å². The number of carbonyl (C=O) groups excluding carboxylic acids is 1. The lowest BCUT2D eigenvalue weighted by Crippen LogP contribution is -2.52. The van der Waals surface area contributed by atoms with Gasteiger partial charge in [0.15, 0.2) is 0 Å². The number of amides is 1. The van der Waals surface area contributed by atoms with Gasteiger partial charge in [-0.3, -0.25) is 9.69 Å². The van der Waals surface area contributed by atoms with Crippen LogP contribution in [0.2, 0.25) is 0 Å². The zero-order valence-corrected chi connectivity index (χ0v) is 20.7. The molecule has 2 aliphatic heterocycles. The zero-order chi connectivity index (χ0) is 24.7. The van der Waals surface area contributed by atoms with E-state index in [0.717, 1.165) is 50.0 Å². The second-order valence-corrected chi connectivity index (χ2v) is 9.26. The van der Waals surface area contributed by atoms with Crippen LogP contribution in [0.1, 0.15) is 6.92 Å². The van der Waals surface area contributed by atoms with E-state index in [2.05, 4.69) is 66.1 Å². The Morgan fingerprint density at radius 1 is 0.861 bits per heavy atom. The minimum Gasteiger partial charge on any atom is -0.350 e. The second-order valence-electron chi connectivity index (χ2n) is 9.26. The van der Waals surface area contributed by atoms with Crippen molar-refractivity contribution in [1.82, 2.24) is 20.2 Å². The number of hydrogen-bond acceptors (Lipinski definition) is 7. The average molecular weight is 484 g/mol. The minimum atomic E-state index is -0.0320. The van der Waals surface area contributed by atoms with Crippen molar-refractivity contribution in [3.05, 3.63) is 90.9 Å². The molecule has 1 aromatic heterocycles. The molecule has 1 N–H and O–H groups in total. The van der Waals surface area contributed by atoms with Gasteiger partial charge in [-0.15, -0.1) is 0 Å². The van der Waals surface area contributed by atoms with E-state index in [0.29, 0.717) is 18.9 Å². The number of rotatable bonds is 7. The van der Waals surface area contributed by atoms with Crippen LogP contribution in [0.5, 0.6) is 0 Å². The lowest BCUT2D eigenvalue weighted by molar-refractivity contribution is -0.118. The minimum absolute atomic E-state index is 0.0303. The first-order valence-electron chi connectivity index (χ1n) is 12.6. The van der Waals surface area contributed by atoms with Gasteiger partial charge in [0.05, 0.1) is 6.67 Å². The van der Waals surface area contributed by atoms with E-state index in [1.54, 1.807) is 12.4 Å². The lowest BCUT2D eigenvalue weighted by Gasteiger charge is -2.38. The summed E-state index contributed by atoms with van der Waals surface area (Å²) in [5, 5.41) is 3.25. The molecule has 8 heteroatoms. The molecule has 0 radical (unpaired) electrons. The van der Waals surface area contributed by atoms with Gasteiger partial charge in [0.2, 0.25) is 5.95 Å². The van der Waals surface area contributed by atoms with E-state index in [-0.39, 0.29) is 11.9 Å². The summed E-state index contributed by atoms with van der Waals surface area (Å²) in [6.45, 7) is 7.80. The molecule has 1 fully saturated rings. The van der Waals surface area contributed by atoms with Gasteiger partial charge in [0.1, 0.15) is 5.70 Å². The first-order valence-corrected chi connectivity index (χ1v) is 12.6. The Morgan fingerprint density at radius 2 is 1.50 bits per heavy atom. The highest BCUT2D eigenvalue weighted by molar-refractivity contribution is 5.97. The van der Waals surface area contributed by atoms with Crippen LogP contribution in [0, 0.1) is 0 Å². The van der Waals surface area contributed by atoms with E-state index < -0.39 is 0 Å². The smallest absolute Gasteiger partial charge is 0.267 e. The molecule has 2 aromatic carbocycles. The molecule has 186 valence electrons. The third-order valence-corrected chi connectivity index (χ3v) is 6.65. The predicted octanol–water partition coefficient (Wildman–Crippen LogP) is 2.97. The van der Waals surface area contributed by atoms with Gasteiger partial charge in [-0.2, -0.15) is 0 Å². The largest absolute Gasteiger partial charge is 0.350 e. The quantitative estimate of drug-likeness (QED) is 0.554. The molecule has 0 aliphatic carbocycles. The maximum absolute atomic E-state index is 13.4.